The summed E-state index contributed by atoms with van der Waals surface area (Å²) in [6.07, 6.45) is 7.63. The maximum Gasteiger partial charge on any atom is 0.408 e. The van der Waals surface area contributed by atoms with Gasteiger partial charge in [-0.1, -0.05) is 25.0 Å². The van der Waals surface area contributed by atoms with Gasteiger partial charge in [0.05, 0.1) is 0 Å². The molecule has 36 heavy (non-hydrogen) atoms. The van der Waals surface area contributed by atoms with E-state index >= 15 is 0 Å². The zero-order valence-corrected chi connectivity index (χ0v) is 21.9. The third-order valence-corrected chi connectivity index (χ3v) is 7.03. The number of nitrogens with two attached hydrogens (primary N) is 1. The second-order valence-corrected chi connectivity index (χ2v) is 12.0. The fourth-order valence-corrected chi connectivity index (χ4v) is 5.20. The van der Waals surface area contributed by atoms with E-state index in [1.54, 1.807) is 25.5 Å². The zero-order valence-electron chi connectivity index (χ0n) is 21.0. The van der Waals surface area contributed by atoms with Crippen molar-refractivity contribution in [2.24, 2.45) is 11.1 Å². The predicted octanol–water partition coefficient (Wildman–Crippen LogP) is 0.586. The largest absolute Gasteiger partial charge is 0.444 e. The first-order valence-electron chi connectivity index (χ1n) is 12.4. The Balaban J connectivity index is 1.83. The molecular formula is C23H37N5O7S. The molecule has 12 nitrogen and oxygen atoms in total. The molecule has 0 radical (unpaired) electrons. The first-order valence-corrected chi connectivity index (χ1v) is 13.9. The molecule has 2 aliphatic heterocycles. The Kier molecular flexibility index (Phi) is 8.33. The summed E-state index contributed by atoms with van der Waals surface area (Å²) in [4.78, 5) is 53.5. The van der Waals surface area contributed by atoms with Crippen LogP contribution in [0.3, 0.4) is 0 Å². The van der Waals surface area contributed by atoms with Crippen LogP contribution in [0.25, 0.3) is 0 Å². The van der Waals surface area contributed by atoms with Crippen LogP contribution in [0.5, 0.6) is 0 Å². The SMILES string of the molecule is CC(C)(C)OC(=O)N[C@H]1CCCCC/C=C\[C@H]2C[C@@]2(C(=O)NS(N)(=O)=O)NC(=O)[C@@H]2CCCN2C1=O. The standard InChI is InChI=1S/C23H37N5O7S/c1-22(2,3)35-21(32)25-16-11-8-6-4-5-7-10-15-14-23(15,20(31)27-36(24,33)34)26-18(29)17-12-9-13-28(17)19(16)30/h7,10,15-17H,4-6,8-9,11-14H2,1-3H3,(H,25,32)(H,26,29)(H,27,31)(H2,24,33,34)/b10-7-/t15-,16-,17-,23+/m0/s1. The van der Waals surface area contributed by atoms with Gasteiger partial charge in [0.25, 0.3) is 16.1 Å². The molecule has 0 unspecified atom stereocenters. The minimum atomic E-state index is -4.32. The van der Waals surface area contributed by atoms with Crippen molar-refractivity contribution in [3.05, 3.63) is 12.2 Å². The first-order chi connectivity index (χ1) is 16.7. The van der Waals surface area contributed by atoms with Gasteiger partial charge in [0.15, 0.2) is 0 Å². The van der Waals surface area contributed by atoms with E-state index in [1.807, 2.05) is 12.2 Å². The van der Waals surface area contributed by atoms with Crippen LogP contribution in [0, 0.1) is 5.92 Å². The number of rotatable bonds is 3. The van der Waals surface area contributed by atoms with Crippen molar-refractivity contribution in [3.8, 4) is 0 Å². The topological polar surface area (TPSA) is 177 Å². The molecule has 0 aromatic heterocycles. The van der Waals surface area contributed by atoms with Crippen molar-refractivity contribution in [2.75, 3.05) is 6.54 Å². The molecule has 4 amide bonds. The summed E-state index contributed by atoms with van der Waals surface area (Å²) in [6, 6.07) is -1.71. The lowest BCUT2D eigenvalue weighted by molar-refractivity contribution is -0.141. The zero-order chi connectivity index (χ0) is 26.7. The monoisotopic (exact) mass is 527 g/mol. The van der Waals surface area contributed by atoms with Crippen LogP contribution < -0.4 is 20.5 Å². The molecule has 1 saturated carbocycles. The molecule has 13 heteroatoms. The number of carbonyl (C=O) groups is 4. The summed E-state index contributed by atoms with van der Waals surface area (Å²) in [5.41, 5.74) is -2.19. The van der Waals surface area contributed by atoms with Crippen LogP contribution >= 0.6 is 0 Å². The molecule has 1 saturated heterocycles. The van der Waals surface area contributed by atoms with Gasteiger partial charge in [-0.05, 0) is 59.3 Å². The third kappa shape index (κ3) is 7.19. The van der Waals surface area contributed by atoms with E-state index in [4.69, 9.17) is 9.88 Å². The van der Waals surface area contributed by atoms with Crippen LogP contribution in [0.15, 0.2) is 12.2 Å². The molecule has 202 valence electrons. The van der Waals surface area contributed by atoms with Gasteiger partial charge in [-0.2, -0.15) is 8.42 Å². The van der Waals surface area contributed by atoms with E-state index in [-0.39, 0.29) is 18.2 Å². The average molecular weight is 528 g/mol. The smallest absolute Gasteiger partial charge is 0.408 e. The highest BCUT2D eigenvalue weighted by Crippen LogP contribution is 2.45. The average Bonchev–Trinajstić information content (AvgIpc) is 3.20. The number of alkyl carbamates (subject to hydrolysis) is 1. The fourth-order valence-electron chi connectivity index (χ4n) is 4.76. The van der Waals surface area contributed by atoms with Crippen molar-refractivity contribution < 1.29 is 32.3 Å². The number of ether oxygens (including phenoxy) is 1. The lowest BCUT2D eigenvalue weighted by Crippen LogP contribution is -2.58. The van der Waals surface area contributed by atoms with Gasteiger partial charge in [-0.15, -0.1) is 0 Å². The maximum absolute atomic E-state index is 13.5. The van der Waals surface area contributed by atoms with Gasteiger partial charge in [-0.25, -0.2) is 14.7 Å². The van der Waals surface area contributed by atoms with Gasteiger partial charge in [0.1, 0.15) is 23.2 Å². The van der Waals surface area contributed by atoms with Crippen molar-refractivity contribution in [3.63, 3.8) is 0 Å². The molecule has 0 aromatic rings. The number of hydrogen-bond donors (Lipinski definition) is 4. The Morgan fingerprint density at radius 2 is 1.89 bits per heavy atom. The van der Waals surface area contributed by atoms with Crippen molar-refractivity contribution in [1.29, 1.82) is 0 Å². The molecule has 3 aliphatic rings. The lowest BCUT2D eigenvalue weighted by atomic mass is 10.0. The summed E-state index contributed by atoms with van der Waals surface area (Å²) in [6.45, 7) is 5.51. The summed E-state index contributed by atoms with van der Waals surface area (Å²) >= 11 is 0. The molecule has 5 N–H and O–H groups in total. The summed E-state index contributed by atoms with van der Waals surface area (Å²) in [5.74, 6) is -2.23. The number of hydrogen-bond acceptors (Lipinski definition) is 7. The van der Waals surface area contributed by atoms with E-state index in [0.29, 0.717) is 38.6 Å². The first kappa shape index (κ1) is 27.9. The summed E-state index contributed by atoms with van der Waals surface area (Å²) < 4.78 is 30.1. The van der Waals surface area contributed by atoms with Gasteiger partial charge in [-0.3, -0.25) is 14.4 Å². The number of carbonyl (C=O) groups excluding carboxylic acids is 4. The molecule has 3 rings (SSSR count). The number of nitrogens with zero attached hydrogens (tertiary/aromatic N) is 1. The highest BCUT2D eigenvalue weighted by molar-refractivity contribution is 7.87. The molecular weight excluding hydrogens is 490 g/mol. The quantitative estimate of drug-likeness (QED) is 0.388. The van der Waals surface area contributed by atoms with Gasteiger partial charge < -0.3 is 20.3 Å². The minimum absolute atomic E-state index is 0.222. The highest BCUT2D eigenvalue weighted by atomic mass is 32.2. The van der Waals surface area contributed by atoms with Gasteiger partial charge >= 0.3 is 6.09 Å². The number of allylic oxidation sites excluding steroid dienone is 1. The van der Waals surface area contributed by atoms with Crippen molar-refractivity contribution in [2.45, 2.75) is 95.4 Å². The Labute approximate surface area is 211 Å². The van der Waals surface area contributed by atoms with Crippen LogP contribution in [0.1, 0.15) is 72.1 Å². The molecule has 1 aliphatic carbocycles. The minimum Gasteiger partial charge on any atom is -0.444 e. The van der Waals surface area contributed by atoms with Crippen LogP contribution in [0.4, 0.5) is 4.79 Å². The number of nitrogens with one attached hydrogen (secondary N) is 3. The van der Waals surface area contributed by atoms with Gasteiger partial charge in [0, 0.05) is 12.5 Å². The van der Waals surface area contributed by atoms with Crippen LogP contribution in [-0.2, 0) is 29.3 Å². The highest BCUT2D eigenvalue weighted by Gasteiger charge is 2.61. The summed E-state index contributed by atoms with van der Waals surface area (Å²) in [5, 5.41) is 10.4. The Bertz CT molecular complexity index is 1020. The number of fused-ring (bicyclic) bond motifs is 2. The van der Waals surface area contributed by atoms with Crippen LogP contribution in [0.2, 0.25) is 0 Å². The van der Waals surface area contributed by atoms with Crippen LogP contribution in [-0.4, -0.2) is 66.9 Å². The summed E-state index contributed by atoms with van der Waals surface area (Å²) in [7, 11) is -4.32. The molecule has 2 fully saturated rings. The normalized spacial score (nSPS) is 30.6. The Morgan fingerprint density at radius 1 is 1.17 bits per heavy atom. The van der Waals surface area contributed by atoms with E-state index in [9.17, 15) is 27.6 Å². The van der Waals surface area contributed by atoms with Gasteiger partial charge in [0.2, 0.25) is 11.8 Å². The maximum atomic E-state index is 13.5. The molecule has 4 atom stereocenters. The Morgan fingerprint density at radius 3 is 2.56 bits per heavy atom. The second-order valence-electron chi connectivity index (χ2n) is 10.7. The second kappa shape index (κ2) is 10.8. The third-order valence-electron chi connectivity index (χ3n) is 6.56. The van der Waals surface area contributed by atoms with Crippen molar-refractivity contribution in [1.82, 2.24) is 20.3 Å². The number of amides is 4. The van der Waals surface area contributed by atoms with E-state index < -0.39 is 51.3 Å². The fraction of sp³-hybridized carbons (Fsp3) is 0.739. The molecule has 2 heterocycles. The molecule has 0 bridgehead atoms. The van der Waals surface area contributed by atoms with E-state index in [2.05, 4.69) is 10.6 Å². The lowest BCUT2D eigenvalue weighted by Gasteiger charge is -2.30. The van der Waals surface area contributed by atoms with E-state index in [1.165, 1.54) is 4.90 Å². The predicted molar refractivity (Wildman–Crippen MR) is 130 cm³/mol. The Hall–Kier alpha value is -2.67. The van der Waals surface area contributed by atoms with Crippen molar-refractivity contribution >= 4 is 34.0 Å². The molecule has 0 spiro atoms. The van der Waals surface area contributed by atoms with E-state index in [0.717, 1.165) is 12.8 Å². The molecule has 0 aromatic carbocycles.